The molecule has 133 heavy (non-hydrogen) atoms. The molecule has 0 amide bonds. The van der Waals surface area contributed by atoms with Gasteiger partial charge < -0.3 is 0 Å². The van der Waals surface area contributed by atoms with Crippen LogP contribution >= 0.6 is 0 Å². The monoisotopic (exact) mass is 1800 g/mol. The highest BCUT2D eigenvalue weighted by Crippen LogP contribution is 2.24. The second-order valence-electron chi connectivity index (χ2n) is 29.3. The van der Waals surface area contributed by atoms with Gasteiger partial charge in [0.2, 0.25) is 0 Å². The van der Waals surface area contributed by atoms with Crippen LogP contribution in [0.2, 0.25) is 0 Å². The summed E-state index contributed by atoms with van der Waals surface area (Å²) in [5.41, 5.74) is 12.2. The van der Waals surface area contributed by atoms with Gasteiger partial charge in [0.05, 0.1) is 0 Å². The van der Waals surface area contributed by atoms with E-state index in [1.54, 1.807) is 298 Å². The van der Waals surface area contributed by atoms with Crippen LogP contribution in [0.3, 0.4) is 0 Å². The molecule has 0 aliphatic heterocycles. The lowest BCUT2D eigenvalue weighted by atomic mass is 10.1. The third-order valence-corrected chi connectivity index (χ3v) is 19.0. The summed E-state index contributed by atoms with van der Waals surface area (Å²) >= 11 is 0. The number of rotatable bonds is 16. The van der Waals surface area contributed by atoms with Gasteiger partial charge in [-0.05, 0) is 224 Å². The first-order chi connectivity index (χ1) is 64.1. The Balaban J connectivity index is 0.000000171. The fourth-order valence-corrected chi connectivity index (χ4v) is 11.9. The lowest BCUT2D eigenvalue weighted by Gasteiger charge is -1.99. The standard InChI is InChI=1S/4C15H12F2.C14H9F3.3C14H10F2/c1-11-2-9-15(17)13(10-11)6-3-12-4-7-14(16)8-5-12;1-11-5-6-13(10-15(11)17)8-7-12-3-2-4-14(16)9-12;2*1-11-6-9-15(17)13(10-11)8-7-12-4-2-3-5-14(12)16;15-12-5-2-1-4-10(12)8-9-11-13(16)6-3-7-14(11)17;15-13-5-1-3-11(9-13)7-8-12-4-2-6-14(16)10-12;15-13-7-3-1-5-11(13)9-10-12-6-2-4-8-14(12)16;15-13-9-6-11(7-10-13)5-8-12-3-1-2-4-14(12)16/h4*2-10H,1H3;1-9H;3*1-10H/b6-3+;3*8-7+;9-8+;8-7+;10-9+;8-5+. The SMILES string of the molecule is Cc1ccc(/C=C/c2cccc(F)c2)cc1F.Cc1ccc(F)c(/C=C/c2ccc(F)cc2)c1.Cc1ccc(F)c(/C=C/c2ccccc2F)c1.Cc1ccc(F)c(/C=C/c2ccccc2F)c1.Fc1ccc(/C=C/c2ccccc2F)cc1.Fc1cccc(/C=C/c2cccc(F)c2)c1.Fc1ccccc1/C=C/c1c(F)cccc1F.Fc1ccccc1/C=C/c1ccccc1F. The summed E-state index contributed by atoms with van der Waals surface area (Å²) < 4.78 is 224. The molecule has 670 valence electrons. The summed E-state index contributed by atoms with van der Waals surface area (Å²) in [7, 11) is 0. The van der Waals surface area contributed by atoms with Gasteiger partial charge in [0.25, 0.3) is 0 Å². The quantitative estimate of drug-likeness (QED) is 0.0668. The van der Waals surface area contributed by atoms with E-state index in [4.69, 9.17) is 0 Å². The first-order valence-electron chi connectivity index (χ1n) is 41.3. The summed E-state index contributed by atoms with van der Waals surface area (Å²) in [6.07, 6.45) is 25.9. The van der Waals surface area contributed by atoms with Crippen molar-refractivity contribution in [1.82, 2.24) is 0 Å². The fraction of sp³-hybridized carbons (Fsp3) is 0.0345. The molecule has 16 rings (SSSR count). The van der Waals surface area contributed by atoms with Crippen molar-refractivity contribution in [1.29, 1.82) is 0 Å². The third kappa shape index (κ3) is 35.7. The van der Waals surface area contributed by atoms with Crippen molar-refractivity contribution in [3.05, 3.63) is 568 Å². The first kappa shape index (κ1) is 101. The highest BCUT2D eigenvalue weighted by atomic mass is 19.2. The van der Waals surface area contributed by atoms with E-state index in [1.165, 1.54) is 146 Å². The summed E-state index contributed by atoms with van der Waals surface area (Å²) in [6, 6.07) is 92.2. The van der Waals surface area contributed by atoms with E-state index in [0.29, 0.717) is 50.1 Å². The third-order valence-electron chi connectivity index (χ3n) is 19.0. The van der Waals surface area contributed by atoms with E-state index in [1.807, 2.05) is 26.8 Å². The molecule has 0 saturated carbocycles. The molecule has 0 nitrogen and oxygen atoms in total. The molecule has 0 fully saturated rings. The van der Waals surface area contributed by atoms with Gasteiger partial charge in [-0.1, -0.05) is 314 Å². The van der Waals surface area contributed by atoms with Crippen molar-refractivity contribution >= 4 is 97.2 Å². The molecule has 0 radical (unpaired) electrons. The minimum Gasteiger partial charge on any atom is -0.207 e. The normalized spacial score (nSPS) is 11.0. The zero-order valence-electron chi connectivity index (χ0n) is 72.2. The molecule has 0 aliphatic carbocycles. The lowest BCUT2D eigenvalue weighted by Crippen LogP contribution is -1.87. The lowest BCUT2D eigenvalue weighted by molar-refractivity contribution is 0.578. The van der Waals surface area contributed by atoms with Gasteiger partial charge in [-0.25, -0.2) is 74.6 Å². The van der Waals surface area contributed by atoms with Gasteiger partial charge in [-0.2, -0.15) is 0 Å². The fourth-order valence-electron chi connectivity index (χ4n) is 11.9. The van der Waals surface area contributed by atoms with Gasteiger partial charge in [0, 0.05) is 55.6 Å². The molecule has 0 aromatic heterocycles. The van der Waals surface area contributed by atoms with E-state index < -0.39 is 17.5 Å². The van der Waals surface area contributed by atoms with Crippen molar-refractivity contribution in [3.8, 4) is 0 Å². The van der Waals surface area contributed by atoms with E-state index in [-0.39, 0.29) is 92.6 Å². The van der Waals surface area contributed by atoms with Crippen LogP contribution in [0.4, 0.5) is 74.6 Å². The van der Waals surface area contributed by atoms with E-state index >= 15 is 0 Å². The molecule has 0 N–H and O–H groups in total. The molecule has 0 saturated heterocycles. The maximum absolute atomic E-state index is 13.4. The molecule has 16 aromatic carbocycles. The Labute approximate surface area is 763 Å². The van der Waals surface area contributed by atoms with Gasteiger partial charge in [0.15, 0.2) is 0 Å². The van der Waals surface area contributed by atoms with E-state index in [9.17, 15) is 74.6 Å². The molecule has 17 heteroatoms. The molecular formula is C116H87F17. The Bertz CT molecular complexity index is 6500. The summed E-state index contributed by atoms with van der Waals surface area (Å²) in [6.45, 7) is 7.41. The smallest absolute Gasteiger partial charge is 0.133 e. The molecule has 0 unspecified atom stereocenters. The average molecular weight is 1800 g/mol. The number of hydrogen-bond acceptors (Lipinski definition) is 0. The molecule has 16 aromatic rings. The van der Waals surface area contributed by atoms with Crippen LogP contribution in [0, 0.1) is 127 Å². The van der Waals surface area contributed by atoms with Crippen LogP contribution < -0.4 is 0 Å². The number of aryl methyl sites for hydroxylation is 4. The van der Waals surface area contributed by atoms with Crippen molar-refractivity contribution in [2.75, 3.05) is 0 Å². The van der Waals surface area contributed by atoms with Crippen LogP contribution in [0.25, 0.3) is 97.2 Å². The Morgan fingerprint density at radius 3 is 0.632 bits per heavy atom. The van der Waals surface area contributed by atoms with Crippen LogP contribution in [-0.4, -0.2) is 0 Å². The molecule has 0 atom stereocenters. The first-order valence-corrected chi connectivity index (χ1v) is 41.3. The van der Waals surface area contributed by atoms with E-state index in [2.05, 4.69) is 0 Å². The molecule has 0 spiro atoms. The van der Waals surface area contributed by atoms with Crippen LogP contribution in [0.5, 0.6) is 0 Å². The molecule has 0 heterocycles. The minimum absolute atomic E-state index is 0.171. The summed E-state index contributed by atoms with van der Waals surface area (Å²) in [4.78, 5) is 0. The Morgan fingerprint density at radius 1 is 0.135 bits per heavy atom. The minimum atomic E-state index is -0.669. The van der Waals surface area contributed by atoms with Gasteiger partial charge in [0.1, 0.15) is 98.9 Å². The van der Waals surface area contributed by atoms with Gasteiger partial charge in [-0.15, -0.1) is 0 Å². The molecule has 0 bridgehead atoms. The topological polar surface area (TPSA) is 0 Å². The maximum Gasteiger partial charge on any atom is 0.133 e. The predicted octanol–water partition coefficient (Wildman–Crippen LogP) is 34.5. The second-order valence-corrected chi connectivity index (χ2v) is 29.3. The van der Waals surface area contributed by atoms with Gasteiger partial charge >= 0.3 is 0 Å². The number of benzene rings is 16. The Hall–Kier alpha value is -15.8. The van der Waals surface area contributed by atoms with Crippen molar-refractivity contribution in [2.24, 2.45) is 0 Å². The second kappa shape index (κ2) is 53.3. The predicted molar refractivity (Wildman–Crippen MR) is 513 cm³/mol. The molecular weight excluding hydrogens is 1720 g/mol. The largest absolute Gasteiger partial charge is 0.207 e. The zero-order chi connectivity index (χ0) is 95.4. The van der Waals surface area contributed by atoms with Crippen LogP contribution in [0.15, 0.2) is 358 Å². The van der Waals surface area contributed by atoms with Crippen LogP contribution in [0.1, 0.15) is 111 Å². The van der Waals surface area contributed by atoms with E-state index in [0.717, 1.165) is 62.2 Å². The highest BCUT2D eigenvalue weighted by molar-refractivity contribution is 5.76. The average Bonchev–Trinajstić information content (AvgIpc) is 0.799. The van der Waals surface area contributed by atoms with Crippen molar-refractivity contribution < 1.29 is 74.6 Å². The van der Waals surface area contributed by atoms with Crippen molar-refractivity contribution in [2.45, 2.75) is 27.7 Å². The zero-order valence-corrected chi connectivity index (χ0v) is 72.2. The number of hydrogen-bond donors (Lipinski definition) is 0. The van der Waals surface area contributed by atoms with Gasteiger partial charge in [-0.3, -0.25) is 0 Å². The molecule has 0 aliphatic rings. The Morgan fingerprint density at radius 2 is 0.353 bits per heavy atom. The van der Waals surface area contributed by atoms with Crippen LogP contribution in [-0.2, 0) is 0 Å². The summed E-state index contributed by atoms with van der Waals surface area (Å²) in [5, 5.41) is 0. The summed E-state index contributed by atoms with van der Waals surface area (Å²) in [5.74, 6) is -5.74. The van der Waals surface area contributed by atoms with Crippen molar-refractivity contribution in [3.63, 3.8) is 0 Å². The maximum atomic E-state index is 13.4. The number of halogens is 17. The highest BCUT2D eigenvalue weighted by Gasteiger charge is 2.09. The Kier molecular flexibility index (Phi) is 40.5.